The van der Waals surface area contributed by atoms with E-state index in [0.29, 0.717) is 32.5 Å². The first kappa shape index (κ1) is 20.2. The Labute approximate surface area is 189 Å². The largest absolute Gasteiger partial charge is 0.508 e. The van der Waals surface area contributed by atoms with Crippen molar-refractivity contribution in [2.45, 2.75) is 38.0 Å². The molecule has 2 aromatic rings. The quantitative estimate of drug-likeness (QED) is 0.669. The lowest BCUT2D eigenvalue weighted by molar-refractivity contribution is -0.147. The van der Waals surface area contributed by atoms with Crippen LogP contribution < -0.4 is 4.74 Å². The number of amides is 1. The molecule has 1 N–H and O–H groups in total. The number of phenolic OH excluding ortho intramolecular Hbond substituents is 1. The van der Waals surface area contributed by atoms with Gasteiger partial charge in [-0.05, 0) is 55.0 Å². The van der Waals surface area contributed by atoms with Gasteiger partial charge in [-0.3, -0.25) is 0 Å². The number of hydrogen-bond donors (Lipinski definition) is 1. The number of fused-ring (bicyclic) bond motifs is 4. The molecular weight excluding hydrogens is 462 g/mol. The van der Waals surface area contributed by atoms with E-state index in [1.165, 1.54) is 0 Å². The molecule has 31 heavy (non-hydrogen) atoms. The first-order chi connectivity index (χ1) is 15.0. The van der Waals surface area contributed by atoms with Crippen molar-refractivity contribution in [2.24, 2.45) is 5.10 Å². The molecule has 162 valence electrons. The Kier molecular flexibility index (Phi) is 5.04. The van der Waals surface area contributed by atoms with Gasteiger partial charge in [0.2, 0.25) is 5.72 Å². The monoisotopic (exact) mass is 485 g/mol. The van der Waals surface area contributed by atoms with Gasteiger partial charge in [0.1, 0.15) is 11.5 Å². The number of hydrazone groups is 1. The van der Waals surface area contributed by atoms with Crippen molar-refractivity contribution in [3.8, 4) is 11.5 Å². The summed E-state index contributed by atoms with van der Waals surface area (Å²) >= 11 is 3.58. The average molecular weight is 486 g/mol. The smallest absolute Gasteiger partial charge is 0.409 e. The van der Waals surface area contributed by atoms with Crippen LogP contribution in [0.5, 0.6) is 11.5 Å². The van der Waals surface area contributed by atoms with Crippen LogP contribution in [0.4, 0.5) is 4.79 Å². The Morgan fingerprint density at radius 3 is 2.71 bits per heavy atom. The molecule has 0 saturated carbocycles. The van der Waals surface area contributed by atoms with E-state index in [2.05, 4.69) is 27.0 Å². The van der Waals surface area contributed by atoms with Gasteiger partial charge in [0.15, 0.2) is 0 Å². The Morgan fingerprint density at radius 1 is 1.26 bits per heavy atom. The van der Waals surface area contributed by atoms with Gasteiger partial charge in [0.05, 0.1) is 18.4 Å². The van der Waals surface area contributed by atoms with Crippen LogP contribution >= 0.6 is 15.9 Å². The number of ether oxygens (including phenoxy) is 2. The predicted molar refractivity (Wildman–Crippen MR) is 119 cm³/mol. The zero-order valence-corrected chi connectivity index (χ0v) is 18.8. The van der Waals surface area contributed by atoms with Gasteiger partial charge in [-0.2, -0.15) is 5.10 Å². The number of piperidine rings is 1. The average Bonchev–Trinajstić information content (AvgIpc) is 3.23. The van der Waals surface area contributed by atoms with Crippen LogP contribution in [-0.4, -0.2) is 52.2 Å². The van der Waals surface area contributed by atoms with Crippen molar-refractivity contribution in [3.05, 3.63) is 58.1 Å². The van der Waals surface area contributed by atoms with Crippen LogP contribution in [-0.2, 0) is 4.74 Å². The third kappa shape index (κ3) is 3.52. The summed E-state index contributed by atoms with van der Waals surface area (Å²) in [6, 6.07) is 13.3. The number of halogens is 1. The summed E-state index contributed by atoms with van der Waals surface area (Å²) in [5.74, 6) is 1.11. The van der Waals surface area contributed by atoms with Crippen LogP contribution in [0.25, 0.3) is 0 Å². The number of rotatable bonds is 2. The molecule has 3 heterocycles. The van der Waals surface area contributed by atoms with Crippen molar-refractivity contribution in [2.75, 3.05) is 19.7 Å². The van der Waals surface area contributed by atoms with Gasteiger partial charge in [-0.15, -0.1) is 0 Å². The normalized spacial score (nSPS) is 21.2. The molecule has 7 nitrogen and oxygen atoms in total. The highest BCUT2D eigenvalue weighted by Gasteiger charge is 2.52. The first-order valence-corrected chi connectivity index (χ1v) is 11.3. The summed E-state index contributed by atoms with van der Waals surface area (Å²) < 4.78 is 12.8. The van der Waals surface area contributed by atoms with Crippen LogP contribution in [0.3, 0.4) is 0 Å². The third-order valence-electron chi connectivity index (χ3n) is 6.23. The van der Waals surface area contributed by atoms with Gasteiger partial charge < -0.3 is 19.5 Å². The summed E-state index contributed by atoms with van der Waals surface area (Å²) in [4.78, 5) is 13.9. The Balaban J connectivity index is 1.49. The molecule has 2 aromatic carbocycles. The topological polar surface area (TPSA) is 74.6 Å². The predicted octanol–water partition coefficient (Wildman–Crippen LogP) is 4.65. The molecule has 0 aliphatic carbocycles. The highest BCUT2D eigenvalue weighted by molar-refractivity contribution is 9.10. The minimum Gasteiger partial charge on any atom is -0.508 e. The Morgan fingerprint density at radius 2 is 2.00 bits per heavy atom. The highest BCUT2D eigenvalue weighted by Crippen LogP contribution is 2.50. The van der Waals surface area contributed by atoms with Gasteiger partial charge in [-0.25, -0.2) is 9.80 Å². The molecule has 1 unspecified atom stereocenters. The zero-order valence-electron chi connectivity index (χ0n) is 17.3. The lowest BCUT2D eigenvalue weighted by Crippen LogP contribution is -2.59. The second kappa shape index (κ2) is 7.75. The number of phenols is 1. The molecule has 1 fully saturated rings. The van der Waals surface area contributed by atoms with Gasteiger partial charge in [-0.1, -0.05) is 15.9 Å². The molecule has 5 rings (SSSR count). The van der Waals surface area contributed by atoms with Crippen LogP contribution in [0, 0.1) is 0 Å². The zero-order chi connectivity index (χ0) is 21.6. The minimum absolute atomic E-state index is 0.0548. The highest BCUT2D eigenvalue weighted by atomic mass is 79.9. The Bertz CT molecular complexity index is 1030. The molecule has 8 heteroatoms. The minimum atomic E-state index is -0.604. The fraction of sp³-hybridized carbons (Fsp3) is 0.391. The second-order valence-corrected chi connectivity index (χ2v) is 8.99. The Hall–Kier alpha value is -2.74. The molecule has 3 aliphatic rings. The van der Waals surface area contributed by atoms with E-state index in [4.69, 9.17) is 14.6 Å². The molecule has 0 radical (unpaired) electrons. The maximum Gasteiger partial charge on any atom is 0.409 e. The summed E-state index contributed by atoms with van der Waals surface area (Å²) in [5, 5.41) is 16.8. The molecule has 0 bridgehead atoms. The molecular formula is C23H24BrN3O4. The third-order valence-corrected chi connectivity index (χ3v) is 6.72. The molecule has 1 spiro atoms. The lowest BCUT2D eigenvalue weighted by Gasteiger charge is -2.51. The fourth-order valence-corrected chi connectivity index (χ4v) is 5.04. The number of nitrogens with zero attached hydrogens (tertiary/aromatic N) is 3. The lowest BCUT2D eigenvalue weighted by atomic mass is 9.91. The van der Waals surface area contributed by atoms with Crippen LogP contribution in [0.2, 0.25) is 0 Å². The molecule has 3 aliphatic heterocycles. The van der Waals surface area contributed by atoms with E-state index in [0.717, 1.165) is 33.5 Å². The van der Waals surface area contributed by atoms with Crippen LogP contribution in [0.15, 0.2) is 52.0 Å². The van der Waals surface area contributed by atoms with E-state index >= 15 is 0 Å². The number of likely N-dealkylation sites (tertiary alicyclic amines) is 1. The standard InChI is InChI=1S/C23H24BrN3O4/c1-2-30-22(29)26-11-9-23(10-12-26)27-20(18-13-16(24)5-8-21(18)31-23)14-19(25-27)15-3-6-17(28)7-4-15/h3-8,13,20,28H,2,9-12,14H2,1H3. The molecule has 1 amide bonds. The summed E-state index contributed by atoms with van der Waals surface area (Å²) in [6.07, 6.45) is 1.76. The summed E-state index contributed by atoms with van der Waals surface area (Å²) in [5.41, 5.74) is 2.45. The van der Waals surface area contributed by atoms with Crippen molar-refractivity contribution < 1.29 is 19.4 Å². The number of benzene rings is 2. The van der Waals surface area contributed by atoms with Gasteiger partial charge in [0, 0.05) is 42.4 Å². The number of aromatic hydroxyl groups is 1. The van der Waals surface area contributed by atoms with Crippen molar-refractivity contribution in [1.29, 1.82) is 0 Å². The molecule has 0 aromatic heterocycles. The van der Waals surface area contributed by atoms with Gasteiger partial charge in [0.25, 0.3) is 0 Å². The number of carbonyl (C=O) groups excluding carboxylic acids is 1. The number of hydrogen-bond acceptors (Lipinski definition) is 6. The van der Waals surface area contributed by atoms with Gasteiger partial charge >= 0.3 is 6.09 Å². The van der Waals surface area contributed by atoms with Crippen molar-refractivity contribution >= 4 is 27.7 Å². The molecule has 1 atom stereocenters. The summed E-state index contributed by atoms with van der Waals surface area (Å²) in [6.45, 7) is 3.29. The van der Waals surface area contributed by atoms with Crippen molar-refractivity contribution in [3.63, 3.8) is 0 Å². The van der Waals surface area contributed by atoms with Crippen LogP contribution in [0.1, 0.15) is 43.4 Å². The maximum atomic E-state index is 12.2. The van der Waals surface area contributed by atoms with E-state index in [1.807, 2.05) is 31.2 Å². The fourth-order valence-electron chi connectivity index (χ4n) is 4.67. The van der Waals surface area contributed by atoms with E-state index in [-0.39, 0.29) is 17.9 Å². The van der Waals surface area contributed by atoms with E-state index in [9.17, 15) is 9.90 Å². The molecule has 1 saturated heterocycles. The second-order valence-electron chi connectivity index (χ2n) is 8.07. The number of carbonyl (C=O) groups is 1. The van der Waals surface area contributed by atoms with E-state index in [1.54, 1.807) is 17.0 Å². The summed E-state index contributed by atoms with van der Waals surface area (Å²) in [7, 11) is 0. The van der Waals surface area contributed by atoms with Crippen molar-refractivity contribution in [1.82, 2.24) is 9.91 Å². The first-order valence-electron chi connectivity index (χ1n) is 10.6. The van der Waals surface area contributed by atoms with E-state index < -0.39 is 5.72 Å². The SMILES string of the molecule is CCOC(=O)N1CCC2(CC1)Oc1ccc(Br)cc1C1CC(c3ccc(O)cc3)=NN12. The maximum absolute atomic E-state index is 12.2.